The van der Waals surface area contributed by atoms with Gasteiger partial charge in [0.05, 0.1) is 11.7 Å². The van der Waals surface area contributed by atoms with Gasteiger partial charge in [-0.1, -0.05) is 18.7 Å². The molecule has 0 aliphatic rings. The summed E-state index contributed by atoms with van der Waals surface area (Å²) in [6.45, 7) is 3.44. The molecule has 0 bridgehead atoms. The Morgan fingerprint density at radius 2 is 2.33 bits per heavy atom. The summed E-state index contributed by atoms with van der Waals surface area (Å²) in [6.07, 6.45) is 1.74. The van der Waals surface area contributed by atoms with Gasteiger partial charge < -0.3 is 5.11 Å². The van der Waals surface area contributed by atoms with Crippen molar-refractivity contribution in [2.45, 2.75) is 0 Å². The number of hydrogen-bond donors (Lipinski definition) is 2. The number of rotatable bonds is 1. The molecular formula is C9H8N2O. The Morgan fingerprint density at radius 3 is 3.08 bits per heavy atom. The minimum Gasteiger partial charge on any atom is -0.508 e. The van der Waals surface area contributed by atoms with Gasteiger partial charge in [0.25, 0.3) is 0 Å². The van der Waals surface area contributed by atoms with Crippen molar-refractivity contribution in [2.75, 3.05) is 0 Å². The molecule has 0 radical (unpaired) electrons. The molecule has 60 valence electrons. The first kappa shape index (κ1) is 6.91. The van der Waals surface area contributed by atoms with Gasteiger partial charge in [-0.2, -0.15) is 5.10 Å². The molecule has 0 unspecified atom stereocenters. The number of aliphatic hydroxyl groups excluding tert-OH is 1. The third kappa shape index (κ3) is 0.955. The maximum absolute atomic E-state index is 9.09. The van der Waals surface area contributed by atoms with Crippen LogP contribution in [0.25, 0.3) is 16.7 Å². The lowest BCUT2D eigenvalue weighted by Gasteiger charge is -1.96. The lowest BCUT2D eigenvalue weighted by Crippen LogP contribution is -1.79. The molecule has 2 rings (SSSR count). The van der Waals surface area contributed by atoms with Crippen LogP contribution in [0.3, 0.4) is 0 Å². The standard InChI is InChI=1S/C9H8N2O/c1-6(12)7-2-3-8-5-10-11-9(8)4-7/h2-5,12H,1H2,(H,10,11). The van der Waals surface area contributed by atoms with Gasteiger partial charge in [-0.3, -0.25) is 5.10 Å². The van der Waals surface area contributed by atoms with E-state index in [0.29, 0.717) is 5.56 Å². The van der Waals surface area contributed by atoms with Crippen molar-refractivity contribution in [1.29, 1.82) is 0 Å². The van der Waals surface area contributed by atoms with Crippen LogP contribution in [0.1, 0.15) is 5.56 Å². The van der Waals surface area contributed by atoms with Crippen LogP contribution in [-0.4, -0.2) is 15.3 Å². The van der Waals surface area contributed by atoms with Crippen LogP contribution < -0.4 is 0 Å². The van der Waals surface area contributed by atoms with Crippen LogP contribution in [0.4, 0.5) is 0 Å². The zero-order valence-corrected chi connectivity index (χ0v) is 6.41. The molecule has 0 fully saturated rings. The van der Waals surface area contributed by atoms with Gasteiger partial charge in [-0.15, -0.1) is 0 Å². The minimum atomic E-state index is 0.0755. The molecule has 0 atom stereocenters. The number of aliphatic hydroxyl groups is 1. The molecule has 0 amide bonds. The third-order valence-corrected chi connectivity index (χ3v) is 1.78. The van der Waals surface area contributed by atoms with Crippen LogP contribution in [-0.2, 0) is 0 Å². The fraction of sp³-hybridized carbons (Fsp3) is 0. The largest absolute Gasteiger partial charge is 0.508 e. The zero-order valence-electron chi connectivity index (χ0n) is 6.41. The summed E-state index contributed by atoms with van der Waals surface area (Å²) >= 11 is 0. The second-order valence-corrected chi connectivity index (χ2v) is 2.62. The first-order chi connectivity index (χ1) is 5.77. The first-order valence-corrected chi connectivity index (χ1v) is 3.59. The topological polar surface area (TPSA) is 48.9 Å². The van der Waals surface area contributed by atoms with Crippen LogP contribution in [0.15, 0.2) is 31.0 Å². The number of H-pyrrole nitrogens is 1. The van der Waals surface area contributed by atoms with Gasteiger partial charge in [0.15, 0.2) is 0 Å². The number of benzene rings is 1. The molecule has 3 heteroatoms. The molecular weight excluding hydrogens is 152 g/mol. The Balaban J connectivity index is 2.68. The van der Waals surface area contributed by atoms with Gasteiger partial charge in [0, 0.05) is 10.9 Å². The van der Waals surface area contributed by atoms with Crippen LogP contribution in [0.5, 0.6) is 0 Å². The summed E-state index contributed by atoms with van der Waals surface area (Å²) < 4.78 is 0. The number of aromatic nitrogens is 2. The predicted molar refractivity (Wildman–Crippen MR) is 47.8 cm³/mol. The van der Waals surface area contributed by atoms with Gasteiger partial charge in [0.2, 0.25) is 0 Å². The average Bonchev–Trinajstić information content (AvgIpc) is 2.49. The van der Waals surface area contributed by atoms with E-state index in [1.165, 1.54) is 0 Å². The second-order valence-electron chi connectivity index (χ2n) is 2.62. The summed E-state index contributed by atoms with van der Waals surface area (Å²) in [6, 6.07) is 5.50. The van der Waals surface area contributed by atoms with E-state index >= 15 is 0 Å². The van der Waals surface area contributed by atoms with Crippen LogP contribution in [0.2, 0.25) is 0 Å². The Labute approximate surface area is 69.3 Å². The quantitative estimate of drug-likeness (QED) is 0.627. The molecule has 1 heterocycles. The smallest absolute Gasteiger partial charge is 0.115 e. The molecule has 12 heavy (non-hydrogen) atoms. The summed E-state index contributed by atoms with van der Waals surface area (Å²) in [5.74, 6) is 0.0755. The molecule has 0 saturated carbocycles. The van der Waals surface area contributed by atoms with E-state index in [9.17, 15) is 0 Å². The molecule has 3 nitrogen and oxygen atoms in total. The van der Waals surface area contributed by atoms with Crippen molar-refractivity contribution in [3.63, 3.8) is 0 Å². The van der Waals surface area contributed by atoms with Gasteiger partial charge in [-0.05, 0) is 6.07 Å². The second kappa shape index (κ2) is 2.37. The lowest BCUT2D eigenvalue weighted by atomic mass is 10.1. The number of nitrogens with one attached hydrogen (secondary N) is 1. The third-order valence-electron chi connectivity index (χ3n) is 1.78. The Hall–Kier alpha value is -1.77. The summed E-state index contributed by atoms with van der Waals surface area (Å²) in [7, 11) is 0. The number of fused-ring (bicyclic) bond motifs is 1. The Morgan fingerprint density at radius 1 is 1.50 bits per heavy atom. The van der Waals surface area contributed by atoms with Crippen molar-refractivity contribution in [3.8, 4) is 0 Å². The highest BCUT2D eigenvalue weighted by Gasteiger charge is 1.98. The van der Waals surface area contributed by atoms with Crippen molar-refractivity contribution < 1.29 is 5.11 Å². The van der Waals surface area contributed by atoms with Gasteiger partial charge >= 0.3 is 0 Å². The van der Waals surface area contributed by atoms with Crippen molar-refractivity contribution >= 4 is 16.7 Å². The molecule has 1 aromatic heterocycles. The number of hydrogen-bond acceptors (Lipinski definition) is 2. The molecule has 2 N–H and O–H groups in total. The van der Waals surface area contributed by atoms with E-state index in [0.717, 1.165) is 10.9 Å². The van der Waals surface area contributed by atoms with Crippen LogP contribution >= 0.6 is 0 Å². The van der Waals surface area contributed by atoms with E-state index < -0.39 is 0 Å². The molecule has 1 aromatic carbocycles. The zero-order chi connectivity index (χ0) is 8.55. The first-order valence-electron chi connectivity index (χ1n) is 3.59. The molecule has 0 aliphatic heterocycles. The van der Waals surface area contributed by atoms with Gasteiger partial charge in [-0.25, -0.2) is 0 Å². The molecule has 2 aromatic rings. The summed E-state index contributed by atoms with van der Waals surface area (Å²) in [5.41, 5.74) is 1.62. The average molecular weight is 160 g/mol. The predicted octanol–water partition coefficient (Wildman–Crippen LogP) is 2.09. The maximum atomic E-state index is 9.09. The van der Waals surface area contributed by atoms with Gasteiger partial charge in [0.1, 0.15) is 5.76 Å². The van der Waals surface area contributed by atoms with E-state index in [-0.39, 0.29) is 5.76 Å². The molecule has 0 aliphatic carbocycles. The lowest BCUT2D eigenvalue weighted by molar-refractivity contribution is 0.514. The molecule has 0 spiro atoms. The van der Waals surface area contributed by atoms with Crippen molar-refractivity contribution in [1.82, 2.24) is 10.2 Å². The number of nitrogens with zero attached hydrogens (tertiary/aromatic N) is 1. The maximum Gasteiger partial charge on any atom is 0.115 e. The fourth-order valence-electron chi connectivity index (χ4n) is 1.12. The Bertz CT molecular complexity index is 431. The van der Waals surface area contributed by atoms with E-state index in [1.807, 2.05) is 12.1 Å². The SMILES string of the molecule is C=C(O)c1ccc2cn[nH]c2c1. The highest BCUT2D eigenvalue weighted by molar-refractivity contribution is 5.81. The highest BCUT2D eigenvalue weighted by Crippen LogP contribution is 2.16. The normalized spacial score (nSPS) is 10.3. The number of aromatic amines is 1. The summed E-state index contributed by atoms with van der Waals surface area (Å²) in [5, 5.41) is 16.8. The minimum absolute atomic E-state index is 0.0755. The van der Waals surface area contributed by atoms with Crippen molar-refractivity contribution in [2.24, 2.45) is 0 Å². The van der Waals surface area contributed by atoms with Crippen molar-refractivity contribution in [3.05, 3.63) is 36.5 Å². The highest BCUT2D eigenvalue weighted by atomic mass is 16.3. The Kier molecular flexibility index (Phi) is 1.37. The molecule has 0 saturated heterocycles. The van der Waals surface area contributed by atoms with E-state index in [2.05, 4.69) is 16.8 Å². The fourth-order valence-corrected chi connectivity index (χ4v) is 1.12. The van der Waals surface area contributed by atoms with E-state index in [1.54, 1.807) is 12.3 Å². The summed E-state index contributed by atoms with van der Waals surface area (Å²) in [4.78, 5) is 0. The van der Waals surface area contributed by atoms with E-state index in [4.69, 9.17) is 5.11 Å². The monoisotopic (exact) mass is 160 g/mol. The van der Waals surface area contributed by atoms with Crippen LogP contribution in [0, 0.1) is 0 Å².